The third-order valence-electron chi connectivity index (χ3n) is 2.59. The lowest BCUT2D eigenvalue weighted by atomic mass is 10.2. The van der Waals surface area contributed by atoms with E-state index in [1.807, 2.05) is 18.7 Å². The van der Waals surface area contributed by atoms with Gasteiger partial charge in [-0.2, -0.15) is 16.9 Å². The molecule has 0 saturated heterocycles. The van der Waals surface area contributed by atoms with E-state index in [9.17, 15) is 4.79 Å². The first-order chi connectivity index (χ1) is 8.60. The van der Waals surface area contributed by atoms with Gasteiger partial charge >= 0.3 is 0 Å². The minimum Gasteiger partial charge on any atom is -0.380 e. The van der Waals surface area contributed by atoms with Gasteiger partial charge in [-0.15, -0.1) is 0 Å². The fourth-order valence-electron chi connectivity index (χ4n) is 1.53. The van der Waals surface area contributed by atoms with Crippen molar-refractivity contribution in [1.82, 2.24) is 9.78 Å². The largest absolute Gasteiger partial charge is 0.380 e. The van der Waals surface area contributed by atoms with Crippen molar-refractivity contribution in [3.8, 4) is 0 Å². The van der Waals surface area contributed by atoms with Crippen LogP contribution in [0.15, 0.2) is 15.5 Å². The molecule has 1 aromatic rings. The molecular weight excluding hydrogens is 314 g/mol. The van der Waals surface area contributed by atoms with Crippen molar-refractivity contribution >= 4 is 33.4 Å². The number of halogens is 1. The highest BCUT2D eigenvalue weighted by atomic mass is 79.9. The number of nitrogens with one attached hydrogen (secondary N) is 1. The number of rotatable bonds is 7. The van der Waals surface area contributed by atoms with Crippen LogP contribution in [0.5, 0.6) is 0 Å². The van der Waals surface area contributed by atoms with Gasteiger partial charge in [0.05, 0.1) is 11.9 Å². The molecule has 0 bridgehead atoms. The van der Waals surface area contributed by atoms with Crippen LogP contribution in [0.25, 0.3) is 0 Å². The number of aryl methyl sites for hydroxylation is 1. The summed E-state index contributed by atoms with van der Waals surface area (Å²) in [4.78, 5) is 11.9. The van der Waals surface area contributed by atoms with Crippen molar-refractivity contribution < 1.29 is 0 Å². The van der Waals surface area contributed by atoms with E-state index < -0.39 is 0 Å². The van der Waals surface area contributed by atoms with Crippen LogP contribution in [0.1, 0.15) is 27.2 Å². The third kappa shape index (κ3) is 4.31. The molecule has 0 aliphatic carbocycles. The van der Waals surface area contributed by atoms with Crippen molar-refractivity contribution in [3.63, 3.8) is 0 Å². The molecule has 0 aromatic carbocycles. The molecule has 1 unspecified atom stereocenters. The SMILES string of the molecule is CCSCCC(C)Nc1cnn(CC)c(=O)c1Br. The van der Waals surface area contributed by atoms with E-state index in [1.165, 1.54) is 4.68 Å². The number of anilines is 1. The van der Waals surface area contributed by atoms with Gasteiger partial charge in [-0.3, -0.25) is 4.79 Å². The second kappa shape index (κ2) is 7.84. The fraction of sp³-hybridized carbons (Fsp3) is 0.667. The summed E-state index contributed by atoms with van der Waals surface area (Å²) in [5.74, 6) is 2.27. The molecule has 0 spiro atoms. The maximum absolute atomic E-state index is 11.9. The first kappa shape index (κ1) is 15.6. The molecule has 1 rings (SSSR count). The fourth-order valence-corrected chi connectivity index (χ4v) is 2.76. The monoisotopic (exact) mass is 333 g/mol. The van der Waals surface area contributed by atoms with Gasteiger partial charge in [-0.05, 0) is 47.7 Å². The molecule has 0 saturated carbocycles. The molecule has 1 heterocycles. The van der Waals surface area contributed by atoms with Crippen molar-refractivity contribution in [2.75, 3.05) is 16.8 Å². The number of aromatic nitrogens is 2. The van der Waals surface area contributed by atoms with Gasteiger partial charge < -0.3 is 5.32 Å². The van der Waals surface area contributed by atoms with Crippen LogP contribution >= 0.6 is 27.7 Å². The maximum Gasteiger partial charge on any atom is 0.283 e. The second-order valence-electron chi connectivity index (χ2n) is 4.02. The first-order valence-electron chi connectivity index (χ1n) is 6.20. The second-order valence-corrected chi connectivity index (χ2v) is 6.21. The van der Waals surface area contributed by atoms with Crippen LogP contribution < -0.4 is 10.9 Å². The Bertz CT molecular complexity index is 436. The topological polar surface area (TPSA) is 46.9 Å². The number of hydrogen-bond acceptors (Lipinski definition) is 4. The van der Waals surface area contributed by atoms with Gasteiger partial charge in [0.1, 0.15) is 4.47 Å². The van der Waals surface area contributed by atoms with Crippen LogP contribution in [0.3, 0.4) is 0 Å². The Balaban J connectivity index is 2.68. The molecule has 0 radical (unpaired) electrons. The predicted octanol–water partition coefficient (Wildman–Crippen LogP) is 2.97. The Hall–Kier alpha value is -0.490. The van der Waals surface area contributed by atoms with E-state index in [0.717, 1.165) is 23.6 Å². The molecule has 0 amide bonds. The summed E-state index contributed by atoms with van der Waals surface area (Å²) in [6.45, 7) is 6.76. The Labute approximate surface area is 121 Å². The highest BCUT2D eigenvalue weighted by molar-refractivity contribution is 9.10. The Morgan fingerprint density at radius 1 is 1.56 bits per heavy atom. The molecule has 0 aliphatic rings. The summed E-state index contributed by atoms with van der Waals surface area (Å²) in [6.07, 6.45) is 2.78. The van der Waals surface area contributed by atoms with Crippen LogP contribution in [0.4, 0.5) is 5.69 Å². The summed E-state index contributed by atoms with van der Waals surface area (Å²) in [5.41, 5.74) is 0.691. The van der Waals surface area contributed by atoms with Crippen molar-refractivity contribution in [2.45, 2.75) is 39.8 Å². The van der Waals surface area contributed by atoms with Crippen LogP contribution in [-0.4, -0.2) is 27.3 Å². The quantitative estimate of drug-likeness (QED) is 0.779. The number of hydrogen-bond donors (Lipinski definition) is 1. The molecule has 1 aromatic heterocycles. The van der Waals surface area contributed by atoms with E-state index in [2.05, 4.69) is 40.2 Å². The summed E-state index contributed by atoms with van der Waals surface area (Å²) in [5, 5.41) is 7.44. The maximum atomic E-state index is 11.9. The highest BCUT2D eigenvalue weighted by Gasteiger charge is 2.10. The molecular formula is C12H20BrN3OS. The van der Waals surface area contributed by atoms with Gasteiger partial charge in [-0.25, -0.2) is 4.68 Å². The normalized spacial score (nSPS) is 12.4. The molecule has 0 fully saturated rings. The van der Waals surface area contributed by atoms with Crippen molar-refractivity contribution in [1.29, 1.82) is 0 Å². The zero-order valence-electron chi connectivity index (χ0n) is 11.1. The van der Waals surface area contributed by atoms with E-state index in [0.29, 0.717) is 17.1 Å². The molecule has 102 valence electrons. The Kier molecular flexibility index (Phi) is 6.78. The van der Waals surface area contributed by atoms with E-state index in [4.69, 9.17) is 0 Å². The van der Waals surface area contributed by atoms with Gasteiger partial charge in [0.25, 0.3) is 5.56 Å². The first-order valence-corrected chi connectivity index (χ1v) is 8.14. The standard InChI is InChI=1S/C12H20BrN3OS/c1-4-16-12(17)11(13)10(8-14-16)15-9(3)6-7-18-5-2/h8-9,15H,4-7H2,1-3H3. The Morgan fingerprint density at radius 2 is 2.28 bits per heavy atom. The van der Waals surface area contributed by atoms with E-state index in [1.54, 1.807) is 6.20 Å². The molecule has 1 N–H and O–H groups in total. The van der Waals surface area contributed by atoms with Gasteiger partial charge in [0, 0.05) is 12.6 Å². The molecule has 0 aliphatic heterocycles. The van der Waals surface area contributed by atoms with Crippen LogP contribution in [0, 0.1) is 0 Å². The molecule has 18 heavy (non-hydrogen) atoms. The predicted molar refractivity (Wildman–Crippen MR) is 82.6 cm³/mol. The number of thioether (sulfide) groups is 1. The average molecular weight is 334 g/mol. The highest BCUT2D eigenvalue weighted by Crippen LogP contribution is 2.18. The number of nitrogens with zero attached hydrogens (tertiary/aromatic N) is 2. The molecule has 4 nitrogen and oxygen atoms in total. The van der Waals surface area contributed by atoms with E-state index in [-0.39, 0.29) is 5.56 Å². The zero-order valence-corrected chi connectivity index (χ0v) is 13.5. The van der Waals surface area contributed by atoms with Crippen molar-refractivity contribution in [3.05, 3.63) is 21.0 Å². The van der Waals surface area contributed by atoms with Crippen molar-refractivity contribution in [2.24, 2.45) is 0 Å². The smallest absolute Gasteiger partial charge is 0.283 e. The lowest BCUT2D eigenvalue weighted by molar-refractivity contribution is 0.611. The summed E-state index contributed by atoms with van der Waals surface area (Å²) < 4.78 is 2.00. The van der Waals surface area contributed by atoms with Gasteiger partial charge in [-0.1, -0.05) is 6.92 Å². The summed E-state index contributed by atoms with van der Waals surface area (Å²) >= 11 is 5.27. The average Bonchev–Trinajstić information content (AvgIpc) is 2.36. The lowest BCUT2D eigenvalue weighted by Gasteiger charge is -2.16. The zero-order chi connectivity index (χ0) is 13.5. The van der Waals surface area contributed by atoms with Crippen LogP contribution in [0.2, 0.25) is 0 Å². The van der Waals surface area contributed by atoms with Gasteiger partial charge in [0.2, 0.25) is 0 Å². The Morgan fingerprint density at radius 3 is 2.89 bits per heavy atom. The van der Waals surface area contributed by atoms with Gasteiger partial charge in [0.15, 0.2) is 0 Å². The third-order valence-corrected chi connectivity index (χ3v) is 4.28. The summed E-state index contributed by atoms with van der Waals surface area (Å²) in [7, 11) is 0. The van der Waals surface area contributed by atoms with Crippen LogP contribution in [-0.2, 0) is 6.54 Å². The lowest BCUT2D eigenvalue weighted by Crippen LogP contribution is -2.25. The van der Waals surface area contributed by atoms with E-state index >= 15 is 0 Å². The molecule has 6 heteroatoms. The minimum absolute atomic E-state index is 0.0855. The summed E-state index contributed by atoms with van der Waals surface area (Å²) in [6, 6.07) is 0.332. The molecule has 1 atom stereocenters. The minimum atomic E-state index is -0.0855.